The molecule has 3 aromatic rings. The van der Waals surface area contributed by atoms with Crippen LogP contribution < -0.4 is 16.1 Å². The number of hydrogen-bond donors (Lipinski definition) is 4. The number of fused-ring (bicyclic) bond motifs is 4. The van der Waals surface area contributed by atoms with E-state index < -0.39 is 17.7 Å². The number of hydrogen-bond acceptors (Lipinski definition) is 5. The topological polar surface area (TPSA) is 112 Å². The highest BCUT2D eigenvalue weighted by Gasteiger charge is 2.27. The molecule has 0 radical (unpaired) electrons. The predicted molar refractivity (Wildman–Crippen MR) is 163 cm³/mol. The number of anilines is 2. The Labute approximate surface area is 253 Å². The number of benzene rings is 3. The Morgan fingerprint density at radius 3 is 2.72 bits per heavy atom. The van der Waals surface area contributed by atoms with Gasteiger partial charge in [-0.25, -0.2) is 13.6 Å². The molecule has 43 heavy (non-hydrogen) atoms. The molecule has 0 saturated carbocycles. The van der Waals surface area contributed by atoms with Crippen molar-refractivity contribution < 1.29 is 33.1 Å². The Balaban J connectivity index is 0.00000207. The van der Waals surface area contributed by atoms with E-state index in [0.717, 1.165) is 42.7 Å². The summed E-state index contributed by atoms with van der Waals surface area (Å²) < 4.78 is 34.0. The summed E-state index contributed by atoms with van der Waals surface area (Å²) in [5.41, 5.74) is 6.94. The maximum atomic E-state index is 14.7. The molecule has 5 N–H and O–H groups in total. The lowest BCUT2D eigenvalue weighted by Gasteiger charge is -2.24. The number of amides is 2. The molecule has 2 aliphatic rings. The van der Waals surface area contributed by atoms with E-state index in [1.54, 1.807) is 18.2 Å². The van der Waals surface area contributed by atoms with E-state index in [1.165, 1.54) is 19.4 Å². The molecular weight excluding hydrogens is 580 g/mol. The standard InChI is InChI=1S/C31H28ClF2N3O4.CH4O/c1-40-31(39)35-21-10-11-23-19-6-4-5-18(15-19)22(7-2-3-8-28(38)36-27(23)16-21)26-14-9-20(17-41-37-26)29-25(33)13-12-24(32)30(29)34;1-2/h4-6,9-17,22,26,37H,2-3,7-8H2,1H3,(H,35,39)(H,36,38);2H,1H3/p+1. The van der Waals surface area contributed by atoms with Gasteiger partial charge in [0.05, 0.1) is 29.0 Å². The van der Waals surface area contributed by atoms with Crippen molar-refractivity contribution in [1.29, 1.82) is 0 Å². The lowest BCUT2D eigenvalue weighted by Crippen LogP contribution is -2.34. The number of aliphatic hydroxyl groups excluding tert-OH is 1. The zero-order valence-electron chi connectivity index (χ0n) is 23.7. The largest absolute Gasteiger partial charge is 0.479 e. The highest BCUT2D eigenvalue weighted by Crippen LogP contribution is 2.36. The highest BCUT2D eigenvalue weighted by molar-refractivity contribution is 6.31. The van der Waals surface area contributed by atoms with Crippen LogP contribution in [-0.4, -0.2) is 42.2 Å². The minimum atomic E-state index is -0.836. The third-order valence-electron chi connectivity index (χ3n) is 7.20. The minimum Gasteiger partial charge on any atom is -0.479 e. The number of rotatable bonds is 3. The third-order valence-corrected chi connectivity index (χ3v) is 7.49. The molecule has 0 aliphatic carbocycles. The van der Waals surface area contributed by atoms with E-state index in [2.05, 4.69) is 27.0 Å². The van der Waals surface area contributed by atoms with Crippen molar-refractivity contribution in [3.05, 3.63) is 101 Å². The molecule has 8 nitrogen and oxygen atoms in total. The van der Waals surface area contributed by atoms with Crippen LogP contribution in [0.2, 0.25) is 5.02 Å². The SMILES string of the molecule is CO.COC(=O)Nc1ccc2c(c1)NC(=O)CCCCC(C1C=CC(c3c(F)ccc(Cl)c3F)=C[OH+]N1)c1cccc-2c1. The molecule has 0 fully saturated rings. The smallest absolute Gasteiger partial charge is 0.411 e. The quantitative estimate of drug-likeness (QED) is 0.185. The maximum absolute atomic E-state index is 14.7. The van der Waals surface area contributed by atoms with Crippen LogP contribution in [0.1, 0.15) is 42.7 Å². The van der Waals surface area contributed by atoms with Gasteiger partial charge < -0.3 is 20.0 Å². The van der Waals surface area contributed by atoms with Gasteiger partial charge in [0.15, 0.2) is 5.82 Å². The number of carbonyl (C=O) groups excluding carboxylic acids is 2. The summed E-state index contributed by atoms with van der Waals surface area (Å²) in [5, 5.41) is 12.5. The van der Waals surface area contributed by atoms with Gasteiger partial charge in [0.25, 0.3) is 6.26 Å². The van der Waals surface area contributed by atoms with Gasteiger partial charge in [-0.2, -0.15) is 0 Å². The maximum Gasteiger partial charge on any atom is 0.411 e. The summed E-state index contributed by atoms with van der Waals surface area (Å²) in [5.74, 6) is -1.74. The average molecular weight is 613 g/mol. The van der Waals surface area contributed by atoms with Crippen molar-refractivity contribution in [2.45, 2.75) is 37.6 Å². The minimum absolute atomic E-state index is 0.0528. The molecule has 5 rings (SSSR count). The van der Waals surface area contributed by atoms with Crippen LogP contribution in [0.5, 0.6) is 0 Å². The average Bonchev–Trinajstić information content (AvgIpc) is 3.26. The van der Waals surface area contributed by atoms with E-state index in [4.69, 9.17) is 21.4 Å². The first kappa shape index (κ1) is 31.7. The second-order valence-electron chi connectivity index (χ2n) is 9.85. The van der Waals surface area contributed by atoms with Gasteiger partial charge in [-0.3, -0.25) is 10.1 Å². The Morgan fingerprint density at radius 1 is 1.12 bits per heavy atom. The van der Waals surface area contributed by atoms with Gasteiger partial charge in [-0.1, -0.05) is 54.4 Å². The van der Waals surface area contributed by atoms with E-state index in [-0.39, 0.29) is 34.0 Å². The first-order chi connectivity index (χ1) is 20.8. The number of halogens is 3. The monoisotopic (exact) mass is 612 g/mol. The van der Waals surface area contributed by atoms with E-state index >= 15 is 0 Å². The van der Waals surface area contributed by atoms with Gasteiger partial charge in [-0.05, 0) is 59.8 Å². The Morgan fingerprint density at radius 2 is 1.93 bits per heavy atom. The number of methoxy groups -OCH3 is 1. The Bertz CT molecular complexity index is 1550. The van der Waals surface area contributed by atoms with Crippen molar-refractivity contribution in [1.82, 2.24) is 5.48 Å². The number of nitrogens with one attached hydrogen (secondary N) is 3. The van der Waals surface area contributed by atoms with Crippen molar-refractivity contribution >= 4 is 40.5 Å². The zero-order chi connectivity index (χ0) is 30.9. The summed E-state index contributed by atoms with van der Waals surface area (Å²) in [4.78, 5) is 28.8. The summed E-state index contributed by atoms with van der Waals surface area (Å²) >= 11 is 5.91. The second-order valence-corrected chi connectivity index (χ2v) is 10.3. The van der Waals surface area contributed by atoms with E-state index in [0.29, 0.717) is 24.2 Å². The third kappa shape index (κ3) is 7.59. The van der Waals surface area contributed by atoms with Gasteiger partial charge in [0, 0.05) is 30.7 Å². The van der Waals surface area contributed by atoms with Gasteiger partial charge >= 0.3 is 6.09 Å². The molecular formula is C32H33ClF2N3O5+. The van der Waals surface area contributed by atoms with Crippen molar-refractivity contribution in [3.63, 3.8) is 0 Å². The summed E-state index contributed by atoms with van der Waals surface area (Å²) in [6, 6.07) is 15.3. The molecule has 2 unspecified atom stereocenters. The molecule has 0 spiro atoms. The van der Waals surface area contributed by atoms with Crippen LogP contribution in [0, 0.1) is 11.6 Å². The molecule has 2 heterocycles. The van der Waals surface area contributed by atoms with Crippen LogP contribution in [0.3, 0.4) is 0 Å². The molecule has 2 amide bonds. The molecule has 2 atom stereocenters. The van der Waals surface area contributed by atoms with E-state index in [9.17, 15) is 18.4 Å². The molecule has 3 aromatic carbocycles. The summed E-state index contributed by atoms with van der Waals surface area (Å²) in [7, 11) is 2.28. The fourth-order valence-electron chi connectivity index (χ4n) is 5.15. The first-order valence-electron chi connectivity index (χ1n) is 13.7. The molecule has 2 bridgehead atoms. The van der Waals surface area contributed by atoms with Crippen molar-refractivity contribution in [2.75, 3.05) is 24.9 Å². The Kier molecular flexibility index (Phi) is 10.9. The fraction of sp³-hybridized carbons (Fsp3) is 0.250. The molecule has 0 aromatic heterocycles. The fourth-order valence-corrected chi connectivity index (χ4v) is 5.31. The molecule has 0 saturated heterocycles. The zero-order valence-corrected chi connectivity index (χ0v) is 24.4. The number of carbonyl (C=O) groups is 2. The van der Waals surface area contributed by atoms with Gasteiger partial charge in [0.1, 0.15) is 11.9 Å². The van der Waals surface area contributed by atoms with Crippen LogP contribution >= 0.6 is 11.6 Å². The van der Waals surface area contributed by atoms with Crippen LogP contribution in [0.4, 0.5) is 25.0 Å². The summed E-state index contributed by atoms with van der Waals surface area (Å²) in [6.45, 7) is 0. The molecule has 226 valence electrons. The number of aliphatic hydroxyl groups is 2. The van der Waals surface area contributed by atoms with E-state index in [1.807, 2.05) is 30.3 Å². The second kappa shape index (κ2) is 14.8. The Hall–Kier alpha value is -4.25. The van der Waals surface area contributed by atoms with Gasteiger partial charge in [-0.15, -0.1) is 0 Å². The summed E-state index contributed by atoms with van der Waals surface area (Å²) in [6.07, 6.45) is 6.80. The van der Waals surface area contributed by atoms with Gasteiger partial charge in [0.2, 0.25) is 5.91 Å². The number of ether oxygens (including phenoxy) is 1. The number of hydroxylamine groups is 1. The van der Waals surface area contributed by atoms with Crippen LogP contribution in [0.15, 0.2) is 73.0 Å². The van der Waals surface area contributed by atoms with Crippen molar-refractivity contribution in [2.24, 2.45) is 0 Å². The lowest BCUT2D eigenvalue weighted by molar-refractivity contribution is -0.116. The van der Waals surface area contributed by atoms with Crippen LogP contribution in [-0.2, 0) is 9.53 Å². The predicted octanol–water partition coefficient (Wildman–Crippen LogP) is 7.16. The lowest BCUT2D eigenvalue weighted by atomic mass is 9.84. The normalized spacial score (nSPS) is 18.1. The first-order valence-corrected chi connectivity index (χ1v) is 14.0. The van der Waals surface area contributed by atoms with Crippen molar-refractivity contribution in [3.8, 4) is 11.1 Å². The molecule has 2 aliphatic heterocycles. The highest BCUT2D eigenvalue weighted by atomic mass is 35.5. The number of allylic oxidation sites excluding steroid dienone is 2. The molecule has 11 heteroatoms. The van der Waals surface area contributed by atoms with Crippen LogP contribution in [0.25, 0.3) is 16.7 Å².